The zero-order chi connectivity index (χ0) is 19.8. The highest BCUT2D eigenvalue weighted by molar-refractivity contribution is 7.80. The van der Waals surface area contributed by atoms with Gasteiger partial charge < -0.3 is 0 Å². The number of rotatable bonds is 3. The molecule has 2 aromatic carbocycles. The molecule has 0 bridgehead atoms. The van der Waals surface area contributed by atoms with E-state index in [9.17, 15) is 0 Å². The molecule has 3 heterocycles. The average molecular weight is 395 g/mol. The lowest BCUT2D eigenvalue weighted by atomic mass is 10.1. The van der Waals surface area contributed by atoms with Crippen LogP contribution in [0.15, 0.2) is 73.1 Å². The van der Waals surface area contributed by atoms with Gasteiger partial charge in [-0.05, 0) is 31.2 Å². The predicted molar refractivity (Wildman–Crippen MR) is 119 cm³/mol. The van der Waals surface area contributed by atoms with Crippen LogP contribution in [0.25, 0.3) is 44.6 Å². The van der Waals surface area contributed by atoms with Crippen LogP contribution < -0.4 is 0 Å². The number of fused-ring (bicyclic) bond motifs is 2. The highest BCUT2D eigenvalue weighted by Gasteiger charge is 2.16. The van der Waals surface area contributed by atoms with Crippen LogP contribution in [0.5, 0.6) is 0 Å². The Morgan fingerprint density at radius 3 is 1.62 bits per heavy atom. The largest absolute Gasteiger partial charge is 0.256 e. The molecule has 0 radical (unpaired) electrons. The van der Waals surface area contributed by atoms with Crippen LogP contribution in [0.1, 0.15) is 18.0 Å². The lowest BCUT2D eigenvalue weighted by molar-refractivity contribution is 0.899. The van der Waals surface area contributed by atoms with Gasteiger partial charge in [0.1, 0.15) is 5.82 Å². The third-order valence-corrected chi connectivity index (χ3v) is 5.04. The van der Waals surface area contributed by atoms with Crippen molar-refractivity contribution in [1.29, 1.82) is 0 Å². The minimum atomic E-state index is -0.128. The summed E-state index contributed by atoms with van der Waals surface area (Å²) in [6.45, 7) is 1.96. The van der Waals surface area contributed by atoms with Crippen LogP contribution in [0, 0.1) is 0 Å². The SMILES string of the molecule is CC(S)c1nc(-c2ccnc3ccccc23)nc(-c2ccnc3ccccc23)n1. The Balaban J connectivity index is 1.79. The summed E-state index contributed by atoms with van der Waals surface area (Å²) in [4.78, 5) is 23.2. The van der Waals surface area contributed by atoms with Crippen LogP contribution in [0.2, 0.25) is 0 Å². The minimum Gasteiger partial charge on any atom is -0.256 e. The first kappa shape index (κ1) is 17.7. The first-order chi connectivity index (χ1) is 14.2. The summed E-state index contributed by atoms with van der Waals surface area (Å²) in [5.41, 5.74) is 3.66. The highest BCUT2D eigenvalue weighted by atomic mass is 32.1. The molecule has 0 saturated carbocycles. The molecule has 0 aliphatic rings. The van der Waals surface area contributed by atoms with Crippen LogP contribution in [-0.2, 0) is 0 Å². The summed E-state index contributed by atoms with van der Waals surface area (Å²) < 4.78 is 0. The smallest absolute Gasteiger partial charge is 0.164 e. The van der Waals surface area contributed by atoms with Gasteiger partial charge in [0, 0.05) is 34.3 Å². The van der Waals surface area contributed by atoms with E-state index in [0.717, 1.165) is 32.9 Å². The summed E-state index contributed by atoms with van der Waals surface area (Å²) in [5.74, 6) is 1.87. The fraction of sp³-hybridized carbons (Fsp3) is 0.0870. The Morgan fingerprint density at radius 1 is 0.655 bits per heavy atom. The third-order valence-electron chi connectivity index (χ3n) is 4.81. The van der Waals surface area contributed by atoms with Crippen molar-refractivity contribution in [2.75, 3.05) is 0 Å². The average Bonchev–Trinajstić information content (AvgIpc) is 2.78. The Bertz CT molecular complexity index is 1240. The van der Waals surface area contributed by atoms with Gasteiger partial charge in [0.2, 0.25) is 0 Å². The van der Waals surface area contributed by atoms with E-state index in [1.807, 2.05) is 67.6 Å². The first-order valence-corrected chi connectivity index (χ1v) is 9.84. The molecule has 5 rings (SSSR count). The molecule has 0 spiro atoms. The van der Waals surface area contributed by atoms with Crippen LogP contribution in [0.3, 0.4) is 0 Å². The molecule has 29 heavy (non-hydrogen) atoms. The molecule has 0 fully saturated rings. The molecule has 3 aromatic heterocycles. The Hall–Kier alpha value is -3.38. The van der Waals surface area contributed by atoms with Crippen molar-refractivity contribution in [3.8, 4) is 22.8 Å². The van der Waals surface area contributed by atoms with Crippen LogP contribution in [-0.4, -0.2) is 24.9 Å². The van der Waals surface area contributed by atoms with Crippen molar-refractivity contribution >= 4 is 34.4 Å². The van der Waals surface area contributed by atoms with Gasteiger partial charge in [-0.15, -0.1) is 0 Å². The molecule has 1 unspecified atom stereocenters. The molecule has 140 valence electrons. The predicted octanol–water partition coefficient (Wildman–Crippen LogP) is 5.29. The zero-order valence-electron chi connectivity index (χ0n) is 15.7. The van der Waals surface area contributed by atoms with E-state index < -0.39 is 0 Å². The molecule has 0 aliphatic heterocycles. The van der Waals surface area contributed by atoms with Gasteiger partial charge in [0.25, 0.3) is 0 Å². The Labute approximate surface area is 173 Å². The highest BCUT2D eigenvalue weighted by Crippen LogP contribution is 2.30. The molecule has 5 nitrogen and oxygen atoms in total. The zero-order valence-corrected chi connectivity index (χ0v) is 16.6. The molecule has 0 saturated heterocycles. The quantitative estimate of drug-likeness (QED) is 0.420. The molecule has 5 aromatic rings. The molecule has 0 aliphatic carbocycles. The standard InChI is InChI=1S/C23H17N5S/c1-14(29)21-26-22(17-10-12-24-19-8-4-2-6-15(17)19)28-23(27-21)18-11-13-25-20-9-5-3-7-16(18)20/h2-14,29H,1H3. The van der Waals surface area contributed by atoms with Crippen molar-refractivity contribution in [3.63, 3.8) is 0 Å². The Morgan fingerprint density at radius 2 is 1.14 bits per heavy atom. The number of hydrogen-bond donors (Lipinski definition) is 1. The fourth-order valence-electron chi connectivity index (χ4n) is 3.40. The summed E-state index contributed by atoms with van der Waals surface area (Å²) in [7, 11) is 0. The second-order valence-corrected chi connectivity index (χ2v) is 7.54. The second-order valence-electron chi connectivity index (χ2n) is 6.77. The lowest BCUT2D eigenvalue weighted by Gasteiger charge is -2.12. The van der Waals surface area contributed by atoms with Crippen LogP contribution >= 0.6 is 12.6 Å². The van der Waals surface area contributed by atoms with Gasteiger partial charge in [-0.2, -0.15) is 12.6 Å². The van der Waals surface area contributed by atoms with Gasteiger partial charge in [-0.25, -0.2) is 15.0 Å². The summed E-state index contributed by atoms with van der Waals surface area (Å²) in [5, 5.41) is 1.88. The second kappa shape index (κ2) is 7.22. The van der Waals surface area contributed by atoms with E-state index in [1.54, 1.807) is 12.4 Å². The van der Waals surface area contributed by atoms with E-state index in [-0.39, 0.29) is 5.25 Å². The topological polar surface area (TPSA) is 64.5 Å². The normalized spacial score (nSPS) is 12.3. The maximum atomic E-state index is 4.84. The molecule has 0 N–H and O–H groups in total. The molecule has 6 heteroatoms. The van der Waals surface area contributed by atoms with E-state index in [2.05, 4.69) is 22.6 Å². The molecule has 0 amide bonds. The summed E-state index contributed by atoms with van der Waals surface area (Å²) >= 11 is 4.58. The van der Waals surface area contributed by atoms with Crippen LogP contribution in [0.4, 0.5) is 0 Å². The molecular formula is C23H17N5S. The number of para-hydroxylation sites is 2. The lowest BCUT2D eigenvalue weighted by Crippen LogP contribution is -2.04. The van der Waals surface area contributed by atoms with E-state index in [1.165, 1.54) is 0 Å². The van der Waals surface area contributed by atoms with Gasteiger partial charge in [-0.1, -0.05) is 36.4 Å². The maximum absolute atomic E-state index is 4.84. The van der Waals surface area contributed by atoms with Crippen molar-refractivity contribution in [3.05, 3.63) is 78.9 Å². The monoisotopic (exact) mass is 395 g/mol. The molecule has 1 atom stereocenters. The van der Waals surface area contributed by atoms with Gasteiger partial charge in [0.15, 0.2) is 11.6 Å². The van der Waals surface area contributed by atoms with Gasteiger partial charge >= 0.3 is 0 Å². The van der Waals surface area contributed by atoms with Gasteiger partial charge in [0.05, 0.1) is 16.3 Å². The number of pyridine rings is 2. The number of hydrogen-bond acceptors (Lipinski definition) is 6. The van der Waals surface area contributed by atoms with Crippen molar-refractivity contribution in [2.45, 2.75) is 12.2 Å². The number of aromatic nitrogens is 5. The van der Waals surface area contributed by atoms with E-state index in [0.29, 0.717) is 17.5 Å². The Kier molecular flexibility index (Phi) is 4.41. The summed E-state index contributed by atoms with van der Waals surface area (Å²) in [6, 6.07) is 19.9. The minimum absolute atomic E-state index is 0.128. The van der Waals surface area contributed by atoms with Gasteiger partial charge in [-0.3, -0.25) is 9.97 Å². The van der Waals surface area contributed by atoms with Crippen molar-refractivity contribution in [2.24, 2.45) is 0 Å². The first-order valence-electron chi connectivity index (χ1n) is 9.33. The van der Waals surface area contributed by atoms with E-state index >= 15 is 0 Å². The number of nitrogens with zero attached hydrogens (tertiary/aromatic N) is 5. The molecular weight excluding hydrogens is 378 g/mol. The fourth-order valence-corrected chi connectivity index (χ4v) is 3.52. The maximum Gasteiger partial charge on any atom is 0.164 e. The van der Waals surface area contributed by atoms with E-state index in [4.69, 9.17) is 15.0 Å². The number of thiol groups is 1. The number of benzene rings is 2. The van der Waals surface area contributed by atoms with Crippen molar-refractivity contribution < 1.29 is 0 Å². The summed E-state index contributed by atoms with van der Waals surface area (Å²) in [6.07, 6.45) is 3.57. The third kappa shape index (κ3) is 3.21. The van der Waals surface area contributed by atoms with Crippen molar-refractivity contribution in [1.82, 2.24) is 24.9 Å².